The van der Waals surface area contributed by atoms with Crippen LogP contribution in [0.25, 0.3) is 0 Å². The van der Waals surface area contributed by atoms with Crippen LogP contribution in [0.2, 0.25) is 0 Å². The zero-order valence-corrected chi connectivity index (χ0v) is 11.2. The quantitative estimate of drug-likeness (QED) is 0.893. The maximum absolute atomic E-state index is 6.25. The van der Waals surface area contributed by atoms with E-state index in [0.29, 0.717) is 19.1 Å². The van der Waals surface area contributed by atoms with Crippen LogP contribution in [0.5, 0.6) is 11.5 Å². The van der Waals surface area contributed by atoms with E-state index in [9.17, 15) is 0 Å². The molecule has 1 aromatic rings. The van der Waals surface area contributed by atoms with Crippen LogP contribution in [0.15, 0.2) is 12.1 Å². The Hall–Kier alpha value is -1.22. The minimum atomic E-state index is 0.0351. The number of nitrogens with two attached hydrogens (primary N) is 1. The third-order valence-electron chi connectivity index (χ3n) is 3.86. The van der Waals surface area contributed by atoms with Gasteiger partial charge in [0, 0.05) is 5.54 Å². The summed E-state index contributed by atoms with van der Waals surface area (Å²) in [5.74, 6) is 2.25. The molecular weight excluding hydrogens is 226 g/mol. The number of benzene rings is 1. The van der Waals surface area contributed by atoms with Gasteiger partial charge < -0.3 is 15.2 Å². The van der Waals surface area contributed by atoms with Crippen molar-refractivity contribution in [1.29, 1.82) is 0 Å². The van der Waals surface area contributed by atoms with Gasteiger partial charge in [0.1, 0.15) is 13.2 Å². The smallest absolute Gasteiger partial charge is 0.161 e. The number of rotatable bonds is 3. The van der Waals surface area contributed by atoms with Gasteiger partial charge >= 0.3 is 0 Å². The number of hydrogen-bond donors (Lipinski definition) is 1. The minimum Gasteiger partial charge on any atom is -0.486 e. The molecule has 1 saturated carbocycles. The van der Waals surface area contributed by atoms with Crippen molar-refractivity contribution in [3.8, 4) is 11.5 Å². The fraction of sp³-hybridized carbons (Fsp3) is 0.600. The predicted molar refractivity (Wildman–Crippen MR) is 71.4 cm³/mol. The molecule has 1 fully saturated rings. The minimum absolute atomic E-state index is 0.0351. The van der Waals surface area contributed by atoms with E-state index in [-0.39, 0.29) is 5.54 Å². The molecule has 0 atom stereocenters. The second-order valence-corrected chi connectivity index (χ2v) is 5.89. The lowest BCUT2D eigenvalue weighted by atomic mass is 9.91. The molecule has 3 nitrogen and oxygen atoms in total. The molecule has 18 heavy (non-hydrogen) atoms. The molecule has 0 radical (unpaired) electrons. The summed E-state index contributed by atoms with van der Waals surface area (Å²) in [7, 11) is 0. The average Bonchev–Trinajstić information content (AvgIpc) is 3.05. The molecule has 2 N–H and O–H groups in total. The van der Waals surface area contributed by atoms with E-state index in [4.69, 9.17) is 15.2 Å². The maximum atomic E-state index is 6.25. The molecule has 1 aromatic carbocycles. The van der Waals surface area contributed by atoms with Gasteiger partial charge in [-0.2, -0.15) is 0 Å². The molecule has 98 valence electrons. The Balaban J connectivity index is 1.98. The zero-order chi connectivity index (χ0) is 12.8. The summed E-state index contributed by atoms with van der Waals surface area (Å²) in [5, 5.41) is 0. The molecule has 3 rings (SSSR count). The van der Waals surface area contributed by atoms with Gasteiger partial charge in [0.05, 0.1) is 0 Å². The molecule has 1 aliphatic carbocycles. The molecule has 0 spiro atoms. The lowest BCUT2D eigenvalue weighted by Gasteiger charge is -2.23. The van der Waals surface area contributed by atoms with Crippen LogP contribution in [0.3, 0.4) is 0 Å². The Morgan fingerprint density at radius 1 is 1.17 bits per heavy atom. The average molecular weight is 247 g/mol. The van der Waals surface area contributed by atoms with Crippen molar-refractivity contribution >= 4 is 0 Å². The van der Waals surface area contributed by atoms with Gasteiger partial charge in [0.15, 0.2) is 11.5 Å². The Morgan fingerprint density at radius 2 is 1.78 bits per heavy atom. The summed E-state index contributed by atoms with van der Waals surface area (Å²) < 4.78 is 11.3. The van der Waals surface area contributed by atoms with Crippen LogP contribution >= 0.6 is 0 Å². The van der Waals surface area contributed by atoms with Crippen molar-refractivity contribution in [2.75, 3.05) is 13.2 Å². The van der Waals surface area contributed by atoms with Crippen LogP contribution < -0.4 is 15.2 Å². The summed E-state index contributed by atoms with van der Waals surface area (Å²) in [4.78, 5) is 0. The van der Waals surface area contributed by atoms with E-state index in [1.165, 1.54) is 11.1 Å². The normalized spacial score (nSPS) is 20.0. The molecule has 1 heterocycles. The summed E-state index contributed by atoms with van der Waals surface area (Å²) in [6.07, 6.45) is 3.23. The first-order valence-corrected chi connectivity index (χ1v) is 6.79. The zero-order valence-electron chi connectivity index (χ0n) is 11.2. The largest absolute Gasteiger partial charge is 0.486 e. The molecule has 0 amide bonds. The van der Waals surface area contributed by atoms with E-state index in [1.807, 2.05) is 0 Å². The van der Waals surface area contributed by atoms with Gasteiger partial charge in [-0.1, -0.05) is 13.8 Å². The highest BCUT2D eigenvalue weighted by molar-refractivity contribution is 5.50. The van der Waals surface area contributed by atoms with E-state index in [1.54, 1.807) is 0 Å². The standard InChI is InChI=1S/C15H21NO2/c1-10(2)12-8-14-13(17-5-6-18-14)7-11(12)9-15(16)3-4-15/h7-8,10H,3-6,9,16H2,1-2H3. The van der Waals surface area contributed by atoms with Crippen molar-refractivity contribution in [2.45, 2.75) is 44.6 Å². The van der Waals surface area contributed by atoms with E-state index < -0.39 is 0 Å². The van der Waals surface area contributed by atoms with Crippen molar-refractivity contribution in [3.05, 3.63) is 23.3 Å². The van der Waals surface area contributed by atoms with Crippen LogP contribution in [0.4, 0.5) is 0 Å². The molecule has 0 saturated heterocycles. The van der Waals surface area contributed by atoms with Crippen molar-refractivity contribution in [3.63, 3.8) is 0 Å². The Bertz CT molecular complexity index is 464. The lowest BCUT2D eigenvalue weighted by Crippen LogP contribution is -2.25. The molecule has 1 aliphatic heterocycles. The van der Waals surface area contributed by atoms with Gasteiger partial charge in [-0.15, -0.1) is 0 Å². The van der Waals surface area contributed by atoms with Crippen molar-refractivity contribution in [2.24, 2.45) is 5.73 Å². The lowest BCUT2D eigenvalue weighted by molar-refractivity contribution is 0.171. The van der Waals surface area contributed by atoms with Crippen LogP contribution in [0.1, 0.15) is 43.7 Å². The number of hydrogen-bond acceptors (Lipinski definition) is 3. The molecule has 3 heteroatoms. The van der Waals surface area contributed by atoms with Gasteiger partial charge in [0.25, 0.3) is 0 Å². The van der Waals surface area contributed by atoms with E-state index in [2.05, 4.69) is 26.0 Å². The fourth-order valence-corrected chi connectivity index (χ4v) is 2.55. The monoisotopic (exact) mass is 247 g/mol. The topological polar surface area (TPSA) is 44.5 Å². The van der Waals surface area contributed by atoms with E-state index in [0.717, 1.165) is 30.8 Å². The number of ether oxygens (including phenoxy) is 2. The summed E-state index contributed by atoms with van der Waals surface area (Å²) >= 11 is 0. The van der Waals surface area contributed by atoms with Crippen LogP contribution in [0, 0.1) is 0 Å². The van der Waals surface area contributed by atoms with Gasteiger partial charge in [-0.05, 0) is 48.4 Å². The Kier molecular flexibility index (Phi) is 2.74. The van der Waals surface area contributed by atoms with Gasteiger partial charge in [-0.3, -0.25) is 0 Å². The molecular formula is C15H21NO2. The van der Waals surface area contributed by atoms with Crippen LogP contribution in [-0.2, 0) is 6.42 Å². The Morgan fingerprint density at radius 3 is 2.33 bits per heavy atom. The van der Waals surface area contributed by atoms with Crippen molar-refractivity contribution < 1.29 is 9.47 Å². The summed E-state index contributed by atoms with van der Waals surface area (Å²) in [5.41, 5.74) is 8.96. The molecule has 0 unspecified atom stereocenters. The first-order valence-electron chi connectivity index (χ1n) is 6.79. The fourth-order valence-electron chi connectivity index (χ4n) is 2.55. The van der Waals surface area contributed by atoms with Gasteiger partial charge in [0.2, 0.25) is 0 Å². The first kappa shape index (κ1) is 11.8. The number of fused-ring (bicyclic) bond motifs is 1. The SMILES string of the molecule is CC(C)c1cc2c(cc1CC1(N)CC1)OCCO2. The van der Waals surface area contributed by atoms with Crippen molar-refractivity contribution in [1.82, 2.24) is 0 Å². The summed E-state index contributed by atoms with van der Waals surface area (Å²) in [6, 6.07) is 4.27. The highest BCUT2D eigenvalue weighted by Gasteiger charge is 2.39. The summed E-state index contributed by atoms with van der Waals surface area (Å²) in [6.45, 7) is 5.71. The maximum Gasteiger partial charge on any atom is 0.161 e. The third kappa shape index (κ3) is 2.19. The second-order valence-electron chi connectivity index (χ2n) is 5.89. The van der Waals surface area contributed by atoms with E-state index >= 15 is 0 Å². The van der Waals surface area contributed by atoms with Gasteiger partial charge in [-0.25, -0.2) is 0 Å². The van der Waals surface area contributed by atoms with Crippen LogP contribution in [-0.4, -0.2) is 18.8 Å². The molecule has 2 aliphatic rings. The molecule has 0 aromatic heterocycles. The first-order chi connectivity index (χ1) is 8.57. The second kappa shape index (κ2) is 4.16. The third-order valence-corrected chi connectivity index (χ3v) is 3.86. The Labute approximate surface area is 108 Å². The highest BCUT2D eigenvalue weighted by Crippen LogP contribution is 2.41. The molecule has 0 bridgehead atoms. The highest BCUT2D eigenvalue weighted by atomic mass is 16.6. The predicted octanol–water partition coefficient (Wildman–Crippen LogP) is 2.62.